The Labute approximate surface area is 245 Å². The topological polar surface area (TPSA) is 129 Å². The minimum Gasteiger partial charge on any atom is -0.480 e. The highest BCUT2D eigenvalue weighted by molar-refractivity contribution is 5.98. The molecule has 3 amide bonds. The molecule has 4 N–H and O–H groups in total. The number of nitrogens with one attached hydrogen (secondary N) is 1. The first-order chi connectivity index (χ1) is 20.3. The summed E-state index contributed by atoms with van der Waals surface area (Å²) in [6, 6.07) is 25.0. The summed E-state index contributed by atoms with van der Waals surface area (Å²) in [6.45, 7) is 2.10. The molecule has 5 rings (SSSR count). The summed E-state index contributed by atoms with van der Waals surface area (Å²) in [5.41, 5.74) is 8.45. The average Bonchev–Trinajstić information content (AvgIpc) is 3.44. The van der Waals surface area contributed by atoms with Gasteiger partial charge in [-0.2, -0.15) is 0 Å². The summed E-state index contributed by atoms with van der Waals surface area (Å²) in [6.07, 6.45) is 3.33. The predicted molar refractivity (Wildman–Crippen MR) is 162 cm³/mol. The molecule has 9 nitrogen and oxygen atoms in total. The van der Waals surface area contributed by atoms with E-state index in [-0.39, 0.29) is 18.6 Å². The lowest BCUT2D eigenvalue weighted by atomic mass is 9.84. The van der Waals surface area contributed by atoms with E-state index in [0.717, 1.165) is 40.3 Å². The Morgan fingerprint density at radius 1 is 1.02 bits per heavy atom. The summed E-state index contributed by atoms with van der Waals surface area (Å²) in [5, 5.41) is 14.2. The monoisotopic (exact) mass is 565 g/mol. The van der Waals surface area contributed by atoms with Crippen LogP contribution >= 0.6 is 0 Å². The molecule has 1 aromatic heterocycles. The zero-order chi connectivity index (χ0) is 29.6. The second-order valence-electron chi connectivity index (χ2n) is 10.7. The molecule has 4 aromatic rings. The van der Waals surface area contributed by atoms with Crippen LogP contribution in [0, 0.1) is 0 Å². The van der Waals surface area contributed by atoms with Gasteiger partial charge < -0.3 is 15.7 Å². The molecule has 9 heteroatoms. The molecular formula is C33H35N5O4. The maximum Gasteiger partial charge on any atom is 0.327 e. The van der Waals surface area contributed by atoms with Gasteiger partial charge in [0.05, 0.1) is 19.1 Å². The Kier molecular flexibility index (Phi) is 8.78. The van der Waals surface area contributed by atoms with Gasteiger partial charge in [0.25, 0.3) is 0 Å². The predicted octanol–water partition coefficient (Wildman–Crippen LogP) is 4.62. The lowest BCUT2D eigenvalue weighted by Crippen LogP contribution is -2.55. The summed E-state index contributed by atoms with van der Waals surface area (Å²) in [7, 11) is 0. The molecule has 1 fully saturated rings. The fraction of sp³-hybridized carbons (Fsp3) is 0.273. The summed E-state index contributed by atoms with van der Waals surface area (Å²) < 4.78 is 0. The third-order valence-corrected chi connectivity index (χ3v) is 7.89. The van der Waals surface area contributed by atoms with Crippen LogP contribution in [0.5, 0.6) is 0 Å². The lowest BCUT2D eigenvalue weighted by molar-refractivity contribution is -0.136. The third kappa shape index (κ3) is 6.26. The first-order valence-corrected chi connectivity index (χ1v) is 14.1. The third-order valence-electron chi connectivity index (χ3n) is 7.89. The molecule has 0 radical (unpaired) electrons. The van der Waals surface area contributed by atoms with Crippen molar-refractivity contribution in [3.8, 4) is 0 Å². The van der Waals surface area contributed by atoms with Gasteiger partial charge in [-0.25, -0.2) is 9.78 Å². The normalized spacial score (nSPS) is 15.6. The number of pyridine rings is 1. The first kappa shape index (κ1) is 28.8. The van der Waals surface area contributed by atoms with Crippen LogP contribution in [0.15, 0.2) is 91.1 Å². The zero-order valence-corrected chi connectivity index (χ0v) is 23.5. The number of hydrogen-bond acceptors (Lipinski definition) is 6. The number of carbonyl (C=O) groups is 3. The second-order valence-corrected chi connectivity index (χ2v) is 10.7. The number of nitrogens with zero attached hydrogens (tertiary/aromatic N) is 3. The van der Waals surface area contributed by atoms with Crippen molar-refractivity contribution >= 4 is 34.5 Å². The molecule has 1 saturated heterocycles. The maximum atomic E-state index is 14.7. The van der Waals surface area contributed by atoms with Gasteiger partial charge in [-0.1, -0.05) is 72.8 Å². The van der Waals surface area contributed by atoms with Gasteiger partial charge in [0.2, 0.25) is 5.91 Å². The van der Waals surface area contributed by atoms with E-state index in [4.69, 9.17) is 5.73 Å². The Bertz CT molecular complexity index is 1520. The average molecular weight is 566 g/mol. The number of carboxylic acid groups (broad SMARTS) is 1. The van der Waals surface area contributed by atoms with E-state index in [0.29, 0.717) is 12.4 Å². The molecule has 3 aromatic carbocycles. The number of urea groups is 1. The number of nitrogens with two attached hydrogens (primary N) is 1. The largest absolute Gasteiger partial charge is 0.480 e. The fourth-order valence-electron chi connectivity index (χ4n) is 5.75. The molecule has 0 bridgehead atoms. The highest BCUT2D eigenvalue weighted by Crippen LogP contribution is 2.31. The number of benzene rings is 3. The van der Waals surface area contributed by atoms with Crippen LogP contribution in [0.3, 0.4) is 0 Å². The van der Waals surface area contributed by atoms with Crippen molar-refractivity contribution < 1.29 is 19.5 Å². The number of carbonyl (C=O) groups excluding carboxylic acids is 2. The van der Waals surface area contributed by atoms with Crippen LogP contribution in [-0.2, 0) is 16.1 Å². The number of carboxylic acids is 1. The number of amides is 3. The number of aliphatic carboxylic acids is 1. The van der Waals surface area contributed by atoms with Crippen molar-refractivity contribution in [1.82, 2.24) is 20.1 Å². The van der Waals surface area contributed by atoms with Crippen LogP contribution in [0.2, 0.25) is 0 Å². The van der Waals surface area contributed by atoms with Gasteiger partial charge in [-0.05, 0) is 54.0 Å². The van der Waals surface area contributed by atoms with Crippen LogP contribution in [0.1, 0.15) is 42.4 Å². The van der Waals surface area contributed by atoms with Crippen molar-refractivity contribution in [2.75, 3.05) is 18.8 Å². The first-order valence-electron chi connectivity index (χ1n) is 14.1. The summed E-state index contributed by atoms with van der Waals surface area (Å²) in [5.74, 6) is -1.74. The highest BCUT2D eigenvalue weighted by Gasteiger charge is 2.39. The quantitative estimate of drug-likeness (QED) is 0.270. The van der Waals surface area contributed by atoms with Gasteiger partial charge >= 0.3 is 12.0 Å². The van der Waals surface area contributed by atoms with Gasteiger partial charge in [0, 0.05) is 30.1 Å². The zero-order valence-electron chi connectivity index (χ0n) is 23.5. The number of imide groups is 1. The Hall–Kier alpha value is -4.76. The molecule has 216 valence electrons. The molecular weight excluding hydrogens is 530 g/mol. The summed E-state index contributed by atoms with van der Waals surface area (Å²) >= 11 is 0. The van der Waals surface area contributed by atoms with E-state index < -0.39 is 30.4 Å². The number of rotatable bonds is 9. The molecule has 1 aliphatic heterocycles. The van der Waals surface area contributed by atoms with Gasteiger partial charge in [0.1, 0.15) is 5.82 Å². The number of anilines is 1. The van der Waals surface area contributed by atoms with Gasteiger partial charge in [0.15, 0.2) is 0 Å². The number of hydrogen-bond donors (Lipinski definition) is 3. The van der Waals surface area contributed by atoms with E-state index in [9.17, 15) is 19.5 Å². The van der Waals surface area contributed by atoms with Crippen molar-refractivity contribution in [3.63, 3.8) is 0 Å². The maximum absolute atomic E-state index is 14.7. The molecule has 2 heterocycles. The lowest BCUT2D eigenvalue weighted by Gasteiger charge is -2.35. The van der Waals surface area contributed by atoms with Gasteiger partial charge in [-0.15, -0.1) is 0 Å². The molecule has 0 spiro atoms. The number of nitrogen functional groups attached to an aromatic ring is 1. The van der Waals surface area contributed by atoms with Gasteiger partial charge in [-0.3, -0.25) is 19.8 Å². The molecule has 42 heavy (non-hydrogen) atoms. The van der Waals surface area contributed by atoms with Crippen LogP contribution in [0.25, 0.3) is 10.8 Å². The molecule has 0 unspecified atom stereocenters. The van der Waals surface area contributed by atoms with E-state index in [1.165, 1.54) is 4.90 Å². The van der Waals surface area contributed by atoms with E-state index in [1.54, 1.807) is 11.1 Å². The van der Waals surface area contributed by atoms with Crippen LogP contribution < -0.4 is 11.1 Å². The second kappa shape index (κ2) is 12.8. The highest BCUT2D eigenvalue weighted by atomic mass is 16.4. The standard InChI is InChI=1S/C33H35N5O4/c1-22-9-8-18-37(22)33(42)38(21-23-14-15-27-26(19-23)16-17-35-31(27)34)32(41)30(36-20-28(39)40)29(24-10-4-2-5-11-24)25-12-6-3-7-13-25/h2-7,10-17,19,22,29-30,36H,8-9,18,20-21H2,1H3,(H2,34,35)(H,39,40)/t22-,30-/m1/s1. The molecule has 0 saturated carbocycles. The minimum absolute atomic E-state index is 0.0141. The van der Waals surface area contributed by atoms with E-state index in [1.807, 2.05) is 91.9 Å². The SMILES string of the molecule is C[C@@H]1CCCN1C(=O)N(Cc1ccc2c(N)nccc2c1)C(=O)[C@H](NCC(=O)O)C(c1ccccc1)c1ccccc1. The smallest absolute Gasteiger partial charge is 0.327 e. The van der Waals surface area contributed by atoms with Crippen molar-refractivity contribution in [3.05, 3.63) is 108 Å². The molecule has 2 atom stereocenters. The molecule has 0 aliphatic carbocycles. The van der Waals surface area contributed by atoms with E-state index in [2.05, 4.69) is 10.3 Å². The summed E-state index contributed by atoms with van der Waals surface area (Å²) in [4.78, 5) is 47.7. The number of aromatic nitrogens is 1. The van der Waals surface area contributed by atoms with Crippen molar-refractivity contribution in [1.29, 1.82) is 0 Å². The number of likely N-dealkylation sites (tertiary alicyclic amines) is 1. The van der Waals surface area contributed by atoms with Crippen molar-refractivity contribution in [2.45, 2.75) is 44.3 Å². The Morgan fingerprint density at radius 3 is 2.29 bits per heavy atom. The minimum atomic E-state index is -1.10. The molecule has 1 aliphatic rings. The Balaban J connectivity index is 1.59. The fourth-order valence-corrected chi connectivity index (χ4v) is 5.75. The van der Waals surface area contributed by atoms with E-state index >= 15 is 0 Å². The van der Waals surface area contributed by atoms with Crippen LogP contribution in [0.4, 0.5) is 10.6 Å². The van der Waals surface area contributed by atoms with Crippen LogP contribution in [-0.4, -0.2) is 63.0 Å². The van der Waals surface area contributed by atoms with Crippen molar-refractivity contribution in [2.24, 2.45) is 0 Å². The Morgan fingerprint density at radius 2 is 1.69 bits per heavy atom. The number of fused-ring (bicyclic) bond motifs is 1.